The molecule has 4 heterocycles. The third kappa shape index (κ3) is 3.75. The van der Waals surface area contributed by atoms with Gasteiger partial charge in [0.15, 0.2) is 0 Å². The average Bonchev–Trinajstić information content (AvgIpc) is 3.31. The molecule has 2 saturated heterocycles. The van der Waals surface area contributed by atoms with E-state index in [1.165, 1.54) is 23.2 Å². The molecule has 0 aliphatic carbocycles. The largest absolute Gasteiger partial charge is 0.369 e. The summed E-state index contributed by atoms with van der Waals surface area (Å²) in [5, 5.41) is 5.50. The Balaban J connectivity index is 1.30. The predicted octanol–water partition coefficient (Wildman–Crippen LogP) is 1.65. The fraction of sp³-hybridized carbons (Fsp3) is 0.455. The van der Waals surface area contributed by atoms with Crippen LogP contribution in [0.25, 0.3) is 10.9 Å². The van der Waals surface area contributed by atoms with Crippen molar-refractivity contribution in [3.63, 3.8) is 0 Å². The van der Waals surface area contributed by atoms with E-state index in [4.69, 9.17) is 0 Å². The molecule has 1 aromatic carbocycles. The Morgan fingerprint density at radius 2 is 1.70 bits per heavy atom. The average molecular weight is 406 g/mol. The molecule has 0 amide bonds. The highest BCUT2D eigenvalue weighted by molar-refractivity contribution is 5.92. The van der Waals surface area contributed by atoms with Crippen molar-refractivity contribution in [3.05, 3.63) is 52.7 Å². The summed E-state index contributed by atoms with van der Waals surface area (Å²) in [7, 11) is 1.70. The van der Waals surface area contributed by atoms with Crippen molar-refractivity contribution in [2.45, 2.75) is 19.4 Å². The van der Waals surface area contributed by atoms with Gasteiger partial charge in [0.1, 0.15) is 12.1 Å². The fourth-order valence-electron chi connectivity index (χ4n) is 4.44. The smallest absolute Gasteiger partial charge is 0.266 e. The predicted molar refractivity (Wildman–Crippen MR) is 118 cm³/mol. The van der Waals surface area contributed by atoms with Gasteiger partial charge in [-0.05, 0) is 37.1 Å². The van der Waals surface area contributed by atoms with Crippen molar-refractivity contribution in [1.29, 1.82) is 0 Å². The summed E-state index contributed by atoms with van der Waals surface area (Å²) < 4.78 is 1.40. The molecule has 0 N–H and O–H groups in total. The van der Waals surface area contributed by atoms with E-state index >= 15 is 0 Å². The quantitative estimate of drug-likeness (QED) is 0.654. The number of hydrogen-bond acceptors (Lipinski definition) is 7. The number of benzene rings is 1. The Morgan fingerprint density at radius 3 is 2.47 bits per heavy atom. The molecule has 8 heteroatoms. The van der Waals surface area contributed by atoms with E-state index in [-0.39, 0.29) is 5.56 Å². The van der Waals surface area contributed by atoms with Crippen LogP contribution in [0.4, 0.5) is 11.5 Å². The first-order valence-corrected chi connectivity index (χ1v) is 10.7. The lowest BCUT2D eigenvalue weighted by Gasteiger charge is -2.36. The minimum atomic E-state index is -0.0721. The van der Waals surface area contributed by atoms with E-state index in [0.29, 0.717) is 0 Å². The summed E-state index contributed by atoms with van der Waals surface area (Å²) >= 11 is 0. The maximum atomic E-state index is 11.5. The first-order valence-electron chi connectivity index (χ1n) is 10.7. The topological polar surface area (TPSA) is 70.4 Å². The third-order valence-corrected chi connectivity index (χ3v) is 6.14. The van der Waals surface area contributed by atoms with Crippen molar-refractivity contribution in [2.24, 2.45) is 7.05 Å². The molecule has 2 aromatic heterocycles. The summed E-state index contributed by atoms with van der Waals surface area (Å²) in [6, 6.07) is 9.97. The van der Waals surface area contributed by atoms with E-state index < -0.39 is 0 Å². The van der Waals surface area contributed by atoms with Crippen molar-refractivity contribution in [2.75, 3.05) is 49.1 Å². The fourth-order valence-corrected chi connectivity index (χ4v) is 4.44. The molecule has 2 fully saturated rings. The van der Waals surface area contributed by atoms with Gasteiger partial charge in [0, 0.05) is 70.0 Å². The summed E-state index contributed by atoms with van der Waals surface area (Å²) in [6.45, 7) is 6.78. The van der Waals surface area contributed by atoms with Gasteiger partial charge in [-0.2, -0.15) is 5.10 Å². The highest BCUT2D eigenvalue weighted by atomic mass is 16.1. The van der Waals surface area contributed by atoms with Crippen LogP contribution in [0.2, 0.25) is 0 Å². The Kier molecular flexibility index (Phi) is 5.08. The van der Waals surface area contributed by atoms with Gasteiger partial charge in [0.05, 0.1) is 11.2 Å². The molecule has 156 valence electrons. The van der Waals surface area contributed by atoms with Crippen molar-refractivity contribution in [3.8, 4) is 0 Å². The number of piperazine rings is 1. The Labute approximate surface area is 175 Å². The molecular weight excluding hydrogens is 378 g/mol. The summed E-state index contributed by atoms with van der Waals surface area (Å²) in [4.78, 5) is 27.8. The Bertz CT molecular complexity index is 1100. The molecule has 0 unspecified atom stereocenters. The van der Waals surface area contributed by atoms with E-state index in [2.05, 4.69) is 48.0 Å². The summed E-state index contributed by atoms with van der Waals surface area (Å²) in [6.07, 6.45) is 4.15. The van der Waals surface area contributed by atoms with E-state index in [1.54, 1.807) is 19.4 Å². The van der Waals surface area contributed by atoms with E-state index in [0.717, 1.165) is 68.2 Å². The molecule has 0 radical (unpaired) electrons. The third-order valence-electron chi connectivity index (χ3n) is 6.14. The van der Waals surface area contributed by atoms with Crippen LogP contribution < -0.4 is 15.4 Å². The minimum Gasteiger partial charge on any atom is -0.369 e. The first-order chi connectivity index (χ1) is 14.7. The molecular formula is C22H27N7O. The molecule has 30 heavy (non-hydrogen) atoms. The van der Waals surface area contributed by atoms with Crippen LogP contribution in [0.15, 0.2) is 41.5 Å². The van der Waals surface area contributed by atoms with Gasteiger partial charge in [0.2, 0.25) is 0 Å². The van der Waals surface area contributed by atoms with E-state index in [1.807, 2.05) is 6.07 Å². The second kappa shape index (κ2) is 8.02. The van der Waals surface area contributed by atoms with Gasteiger partial charge in [-0.15, -0.1) is 0 Å². The highest BCUT2D eigenvalue weighted by Crippen LogP contribution is 2.30. The van der Waals surface area contributed by atoms with Gasteiger partial charge in [-0.25, -0.2) is 14.6 Å². The number of anilines is 2. The van der Waals surface area contributed by atoms with Crippen LogP contribution >= 0.6 is 0 Å². The summed E-state index contributed by atoms with van der Waals surface area (Å²) in [5.74, 6) is 1.07. The Hall–Kier alpha value is -3.00. The van der Waals surface area contributed by atoms with Crippen LogP contribution in [0.3, 0.4) is 0 Å². The maximum Gasteiger partial charge on any atom is 0.266 e. The van der Waals surface area contributed by atoms with Crippen LogP contribution in [0.5, 0.6) is 0 Å². The molecule has 2 aliphatic rings. The molecule has 0 spiro atoms. The van der Waals surface area contributed by atoms with Crippen LogP contribution in [0, 0.1) is 0 Å². The van der Waals surface area contributed by atoms with Crippen LogP contribution in [-0.4, -0.2) is 63.9 Å². The van der Waals surface area contributed by atoms with Gasteiger partial charge in [-0.1, -0.05) is 0 Å². The summed E-state index contributed by atoms with van der Waals surface area (Å²) in [5.41, 5.74) is 3.11. The lowest BCUT2D eigenvalue weighted by molar-refractivity contribution is 0.245. The lowest BCUT2D eigenvalue weighted by Crippen LogP contribution is -2.46. The van der Waals surface area contributed by atoms with Gasteiger partial charge in [0.25, 0.3) is 5.56 Å². The van der Waals surface area contributed by atoms with Crippen LogP contribution in [-0.2, 0) is 13.6 Å². The van der Waals surface area contributed by atoms with Gasteiger partial charge < -0.3 is 9.80 Å². The van der Waals surface area contributed by atoms with Crippen molar-refractivity contribution in [1.82, 2.24) is 24.6 Å². The monoisotopic (exact) mass is 405 g/mol. The first kappa shape index (κ1) is 19.0. The number of fused-ring (bicyclic) bond motifs is 1. The van der Waals surface area contributed by atoms with Crippen LogP contribution in [0.1, 0.15) is 18.5 Å². The zero-order valence-corrected chi connectivity index (χ0v) is 17.4. The molecule has 0 saturated carbocycles. The minimum absolute atomic E-state index is 0.0721. The second-order valence-electron chi connectivity index (χ2n) is 8.14. The molecule has 0 atom stereocenters. The molecule has 3 aromatic rings. The Morgan fingerprint density at radius 1 is 0.900 bits per heavy atom. The normalized spacial score (nSPS) is 17.8. The number of rotatable bonds is 4. The van der Waals surface area contributed by atoms with Crippen molar-refractivity contribution < 1.29 is 0 Å². The number of nitrogens with zero attached hydrogens (tertiary/aromatic N) is 7. The molecule has 0 bridgehead atoms. The highest BCUT2D eigenvalue weighted by Gasteiger charge is 2.20. The van der Waals surface area contributed by atoms with Gasteiger partial charge >= 0.3 is 0 Å². The second-order valence-corrected chi connectivity index (χ2v) is 8.14. The standard InChI is InChI=1S/C22H27N7O/c1-26-21(30)7-4-17(25-26)15-27-10-12-28(13-11-27)18-5-6-20-19(14-18)22(24-16-23-20)29-8-2-3-9-29/h4-7,14,16H,2-3,8-13,15H2,1H3. The molecule has 5 rings (SSSR count). The number of aryl methyl sites for hydroxylation is 1. The maximum absolute atomic E-state index is 11.5. The van der Waals surface area contributed by atoms with Crippen molar-refractivity contribution >= 4 is 22.4 Å². The van der Waals surface area contributed by atoms with E-state index in [9.17, 15) is 4.79 Å². The molecule has 2 aliphatic heterocycles. The number of aromatic nitrogens is 4. The zero-order chi connectivity index (χ0) is 20.5. The SMILES string of the molecule is Cn1nc(CN2CCN(c3ccc4ncnc(N5CCCC5)c4c3)CC2)ccc1=O. The van der Waals surface area contributed by atoms with Gasteiger partial charge in [-0.3, -0.25) is 9.69 Å². The molecule has 8 nitrogen and oxygen atoms in total. The zero-order valence-electron chi connectivity index (χ0n) is 17.4. The lowest BCUT2D eigenvalue weighted by atomic mass is 10.1. The number of hydrogen-bond donors (Lipinski definition) is 0.